The molecule has 0 radical (unpaired) electrons. The van der Waals surface area contributed by atoms with Gasteiger partial charge in [-0.3, -0.25) is 0 Å². The Morgan fingerprint density at radius 1 is 1.28 bits per heavy atom. The second-order valence-electron chi connectivity index (χ2n) is 4.84. The molecule has 1 aromatic rings. The summed E-state index contributed by atoms with van der Waals surface area (Å²) in [5.41, 5.74) is -0.479. The molecule has 0 aliphatic heterocycles. The van der Waals surface area contributed by atoms with Gasteiger partial charge in [0.2, 0.25) is 5.09 Å². The van der Waals surface area contributed by atoms with Crippen LogP contribution in [0.3, 0.4) is 0 Å². The average Bonchev–Trinajstić information content (AvgIpc) is 2.74. The zero-order valence-corrected chi connectivity index (χ0v) is 12.2. The van der Waals surface area contributed by atoms with Crippen molar-refractivity contribution >= 4 is 10.0 Å². The standard InChI is InChI=1S/C12H22N2O3S/c1-5-12(3,4)14-18(15,16)11-8-7-10(17-11)9-13-6-2/h7-8,13-14H,5-6,9H2,1-4H3. The Hall–Kier alpha value is -0.850. The van der Waals surface area contributed by atoms with Crippen molar-refractivity contribution in [1.82, 2.24) is 10.0 Å². The van der Waals surface area contributed by atoms with Crippen molar-refractivity contribution in [2.75, 3.05) is 6.54 Å². The van der Waals surface area contributed by atoms with Crippen LogP contribution in [0.15, 0.2) is 21.6 Å². The van der Waals surface area contributed by atoms with Gasteiger partial charge in [-0.2, -0.15) is 0 Å². The Balaban J connectivity index is 2.82. The normalized spacial score (nSPS) is 12.9. The fourth-order valence-corrected chi connectivity index (χ4v) is 2.77. The van der Waals surface area contributed by atoms with Gasteiger partial charge in [-0.05, 0) is 38.9 Å². The highest BCUT2D eigenvalue weighted by Gasteiger charge is 2.26. The lowest BCUT2D eigenvalue weighted by Gasteiger charge is -2.23. The number of hydrogen-bond acceptors (Lipinski definition) is 4. The van der Waals surface area contributed by atoms with Gasteiger partial charge in [-0.15, -0.1) is 0 Å². The summed E-state index contributed by atoms with van der Waals surface area (Å²) in [6, 6.07) is 3.16. The molecule has 1 rings (SSSR count). The van der Waals surface area contributed by atoms with E-state index in [9.17, 15) is 8.42 Å². The predicted molar refractivity (Wildman–Crippen MR) is 70.8 cm³/mol. The van der Waals surface area contributed by atoms with Crippen LogP contribution < -0.4 is 10.0 Å². The van der Waals surface area contributed by atoms with E-state index in [2.05, 4.69) is 10.0 Å². The highest BCUT2D eigenvalue weighted by Crippen LogP contribution is 2.17. The molecule has 0 aliphatic rings. The minimum atomic E-state index is -3.58. The van der Waals surface area contributed by atoms with Gasteiger partial charge >= 0.3 is 0 Å². The summed E-state index contributed by atoms with van der Waals surface area (Å²) >= 11 is 0. The number of sulfonamides is 1. The fourth-order valence-electron chi connectivity index (χ4n) is 1.33. The molecule has 0 saturated carbocycles. The summed E-state index contributed by atoms with van der Waals surface area (Å²) in [5, 5.41) is 3.05. The van der Waals surface area contributed by atoms with Gasteiger partial charge < -0.3 is 9.73 Å². The van der Waals surface area contributed by atoms with E-state index in [0.717, 1.165) is 6.54 Å². The Kier molecular flexibility index (Phi) is 4.95. The van der Waals surface area contributed by atoms with E-state index >= 15 is 0 Å². The molecule has 18 heavy (non-hydrogen) atoms. The van der Waals surface area contributed by atoms with Gasteiger partial charge in [-0.25, -0.2) is 13.1 Å². The van der Waals surface area contributed by atoms with Crippen LogP contribution in [0.2, 0.25) is 0 Å². The molecular formula is C12H22N2O3S. The lowest BCUT2D eigenvalue weighted by atomic mass is 10.0. The van der Waals surface area contributed by atoms with Gasteiger partial charge in [0.1, 0.15) is 5.76 Å². The van der Waals surface area contributed by atoms with Crippen LogP contribution in [0, 0.1) is 0 Å². The maximum Gasteiger partial charge on any atom is 0.274 e. The molecule has 0 atom stereocenters. The molecule has 0 saturated heterocycles. The van der Waals surface area contributed by atoms with E-state index in [1.54, 1.807) is 6.07 Å². The SMILES string of the molecule is CCNCc1ccc(S(=O)(=O)NC(C)(C)CC)o1. The molecule has 0 spiro atoms. The Morgan fingerprint density at radius 3 is 2.50 bits per heavy atom. The Bertz CT molecular complexity index is 477. The third kappa shape index (κ3) is 4.12. The zero-order valence-electron chi connectivity index (χ0n) is 11.4. The molecule has 0 bridgehead atoms. The molecular weight excluding hydrogens is 252 g/mol. The van der Waals surface area contributed by atoms with Crippen LogP contribution in [0.25, 0.3) is 0 Å². The molecule has 1 aromatic heterocycles. The molecule has 0 aliphatic carbocycles. The van der Waals surface area contributed by atoms with Crippen LogP contribution in [0.4, 0.5) is 0 Å². The summed E-state index contributed by atoms with van der Waals surface area (Å²) in [5.74, 6) is 0.617. The molecule has 5 nitrogen and oxygen atoms in total. The second-order valence-corrected chi connectivity index (χ2v) is 6.46. The Labute approximate surface area is 109 Å². The van der Waals surface area contributed by atoms with Crippen LogP contribution in [0.1, 0.15) is 39.9 Å². The van der Waals surface area contributed by atoms with Crippen molar-refractivity contribution in [3.63, 3.8) is 0 Å². The number of furan rings is 1. The van der Waals surface area contributed by atoms with E-state index in [-0.39, 0.29) is 5.09 Å². The van der Waals surface area contributed by atoms with Gasteiger partial charge in [-0.1, -0.05) is 13.8 Å². The van der Waals surface area contributed by atoms with Gasteiger partial charge in [0, 0.05) is 5.54 Å². The molecule has 0 fully saturated rings. The summed E-state index contributed by atoms with van der Waals surface area (Å²) in [4.78, 5) is 0. The number of rotatable bonds is 7. The molecule has 2 N–H and O–H groups in total. The minimum Gasteiger partial charge on any atom is -0.447 e. The smallest absolute Gasteiger partial charge is 0.274 e. The third-order valence-electron chi connectivity index (χ3n) is 2.75. The first-order valence-electron chi connectivity index (χ1n) is 6.14. The van der Waals surface area contributed by atoms with Crippen molar-refractivity contribution in [3.05, 3.63) is 17.9 Å². The van der Waals surface area contributed by atoms with E-state index in [4.69, 9.17) is 4.42 Å². The van der Waals surface area contributed by atoms with Crippen molar-refractivity contribution in [1.29, 1.82) is 0 Å². The molecule has 104 valence electrons. The maximum absolute atomic E-state index is 12.1. The number of nitrogens with one attached hydrogen (secondary N) is 2. The monoisotopic (exact) mass is 274 g/mol. The van der Waals surface area contributed by atoms with E-state index < -0.39 is 15.6 Å². The minimum absolute atomic E-state index is 0.0306. The molecule has 0 unspecified atom stereocenters. The Morgan fingerprint density at radius 2 is 1.94 bits per heavy atom. The molecule has 0 amide bonds. The number of hydrogen-bond donors (Lipinski definition) is 2. The quantitative estimate of drug-likeness (QED) is 0.796. The largest absolute Gasteiger partial charge is 0.447 e. The zero-order chi connectivity index (χ0) is 13.8. The van der Waals surface area contributed by atoms with E-state index in [1.807, 2.05) is 27.7 Å². The second kappa shape index (κ2) is 5.86. The van der Waals surface area contributed by atoms with Crippen molar-refractivity contribution in [2.45, 2.75) is 51.3 Å². The maximum atomic E-state index is 12.1. The van der Waals surface area contributed by atoms with Crippen LogP contribution in [-0.4, -0.2) is 20.5 Å². The van der Waals surface area contributed by atoms with Crippen molar-refractivity contribution < 1.29 is 12.8 Å². The summed E-state index contributed by atoms with van der Waals surface area (Å²) in [7, 11) is -3.58. The molecule has 0 aromatic carbocycles. The first-order chi connectivity index (χ1) is 8.30. The topological polar surface area (TPSA) is 71.3 Å². The molecule has 6 heteroatoms. The highest BCUT2D eigenvalue weighted by molar-refractivity contribution is 7.89. The van der Waals surface area contributed by atoms with Crippen LogP contribution >= 0.6 is 0 Å². The third-order valence-corrected chi connectivity index (χ3v) is 4.32. The summed E-state index contributed by atoms with van der Waals surface area (Å²) in [6.45, 7) is 8.93. The van der Waals surface area contributed by atoms with Crippen LogP contribution in [-0.2, 0) is 16.6 Å². The van der Waals surface area contributed by atoms with Crippen molar-refractivity contribution in [2.24, 2.45) is 0 Å². The van der Waals surface area contributed by atoms with Gasteiger partial charge in [0.15, 0.2) is 0 Å². The first kappa shape index (κ1) is 15.2. The lowest BCUT2D eigenvalue weighted by Crippen LogP contribution is -2.42. The van der Waals surface area contributed by atoms with E-state index in [1.165, 1.54) is 6.07 Å². The summed E-state index contributed by atoms with van der Waals surface area (Å²) in [6.07, 6.45) is 0.706. The van der Waals surface area contributed by atoms with Crippen molar-refractivity contribution in [3.8, 4) is 0 Å². The average molecular weight is 274 g/mol. The first-order valence-corrected chi connectivity index (χ1v) is 7.62. The van der Waals surface area contributed by atoms with E-state index in [0.29, 0.717) is 18.7 Å². The highest BCUT2D eigenvalue weighted by atomic mass is 32.2. The predicted octanol–water partition coefficient (Wildman–Crippen LogP) is 1.86. The van der Waals surface area contributed by atoms with Gasteiger partial charge in [0.05, 0.1) is 6.54 Å². The molecule has 1 heterocycles. The summed E-state index contributed by atoms with van der Waals surface area (Å²) < 4.78 is 32.1. The fraction of sp³-hybridized carbons (Fsp3) is 0.667. The van der Waals surface area contributed by atoms with Gasteiger partial charge in [0.25, 0.3) is 10.0 Å². The van der Waals surface area contributed by atoms with Crippen LogP contribution in [0.5, 0.6) is 0 Å². The lowest BCUT2D eigenvalue weighted by molar-refractivity contribution is 0.386.